The van der Waals surface area contributed by atoms with Crippen molar-refractivity contribution in [2.24, 2.45) is 5.73 Å². The zero-order chi connectivity index (χ0) is 15.0. The van der Waals surface area contributed by atoms with Crippen LogP contribution in [0.3, 0.4) is 0 Å². The van der Waals surface area contributed by atoms with Crippen LogP contribution in [0.1, 0.15) is 38.3 Å². The number of hydrogen-bond acceptors (Lipinski definition) is 4. The molecule has 0 bridgehead atoms. The lowest BCUT2D eigenvalue weighted by atomic mass is 10.0. The van der Waals surface area contributed by atoms with Crippen molar-refractivity contribution in [1.29, 1.82) is 0 Å². The van der Waals surface area contributed by atoms with E-state index in [1.807, 2.05) is 13.1 Å². The zero-order valence-corrected chi connectivity index (χ0v) is 13.4. The predicted octanol–water partition coefficient (Wildman–Crippen LogP) is 2.53. The fourth-order valence-electron chi connectivity index (χ4n) is 2.25. The van der Waals surface area contributed by atoms with E-state index in [4.69, 9.17) is 10.5 Å². The second-order valence-corrected chi connectivity index (χ2v) is 5.13. The molecule has 1 aromatic heterocycles. The molecule has 0 aliphatic carbocycles. The Bertz CT molecular complexity index is 395. The van der Waals surface area contributed by atoms with Gasteiger partial charge in [0.2, 0.25) is 0 Å². The molecule has 4 heteroatoms. The van der Waals surface area contributed by atoms with E-state index in [1.54, 1.807) is 0 Å². The Labute approximate surface area is 123 Å². The monoisotopic (exact) mass is 279 g/mol. The molecule has 20 heavy (non-hydrogen) atoms. The fourth-order valence-corrected chi connectivity index (χ4v) is 2.25. The van der Waals surface area contributed by atoms with Crippen molar-refractivity contribution in [2.75, 3.05) is 31.2 Å². The first-order chi connectivity index (χ1) is 9.62. The summed E-state index contributed by atoms with van der Waals surface area (Å²) < 4.78 is 5.43. The Morgan fingerprint density at radius 1 is 1.35 bits per heavy atom. The zero-order valence-electron chi connectivity index (χ0n) is 13.4. The van der Waals surface area contributed by atoms with Crippen molar-refractivity contribution in [3.8, 4) is 0 Å². The molecule has 0 saturated carbocycles. The van der Waals surface area contributed by atoms with Gasteiger partial charge in [0.25, 0.3) is 0 Å². The Morgan fingerprint density at radius 2 is 2.10 bits per heavy atom. The van der Waals surface area contributed by atoms with Gasteiger partial charge < -0.3 is 15.4 Å². The van der Waals surface area contributed by atoms with Crippen LogP contribution < -0.4 is 10.6 Å². The lowest BCUT2D eigenvalue weighted by Gasteiger charge is -2.24. The molecule has 0 aromatic carbocycles. The summed E-state index contributed by atoms with van der Waals surface area (Å²) in [6.45, 7) is 11.7. The van der Waals surface area contributed by atoms with Crippen LogP contribution in [-0.4, -0.2) is 37.3 Å². The molecule has 0 fully saturated rings. The number of anilines is 1. The molecule has 1 heterocycles. The van der Waals surface area contributed by atoms with Crippen LogP contribution in [0, 0.1) is 6.92 Å². The fraction of sp³-hybridized carbons (Fsp3) is 0.688. The minimum Gasteiger partial charge on any atom is -0.380 e. The lowest BCUT2D eigenvalue weighted by molar-refractivity contribution is 0.154. The van der Waals surface area contributed by atoms with Crippen molar-refractivity contribution in [2.45, 2.75) is 46.6 Å². The number of ether oxygens (including phenoxy) is 1. The van der Waals surface area contributed by atoms with Crippen molar-refractivity contribution in [1.82, 2.24) is 4.98 Å². The highest BCUT2D eigenvalue weighted by Gasteiger charge is 2.10. The highest BCUT2D eigenvalue weighted by atomic mass is 16.5. The number of pyridine rings is 1. The first kappa shape index (κ1) is 16.9. The van der Waals surface area contributed by atoms with Gasteiger partial charge in [-0.05, 0) is 44.7 Å². The minimum atomic E-state index is 0.224. The Kier molecular flexibility index (Phi) is 7.55. The van der Waals surface area contributed by atoms with Gasteiger partial charge in [-0.3, -0.25) is 0 Å². The summed E-state index contributed by atoms with van der Waals surface area (Å²) >= 11 is 0. The Morgan fingerprint density at radius 3 is 2.65 bits per heavy atom. The van der Waals surface area contributed by atoms with E-state index < -0.39 is 0 Å². The van der Waals surface area contributed by atoms with Crippen molar-refractivity contribution in [3.63, 3.8) is 0 Å². The van der Waals surface area contributed by atoms with Crippen LogP contribution in [0.4, 0.5) is 5.82 Å². The van der Waals surface area contributed by atoms with Gasteiger partial charge in [0.1, 0.15) is 5.82 Å². The molecule has 4 nitrogen and oxygen atoms in total. The van der Waals surface area contributed by atoms with Crippen LogP contribution in [0.15, 0.2) is 12.3 Å². The third-order valence-electron chi connectivity index (χ3n) is 3.52. The second-order valence-electron chi connectivity index (χ2n) is 5.13. The van der Waals surface area contributed by atoms with Gasteiger partial charge in [0, 0.05) is 31.9 Å². The molecule has 1 unspecified atom stereocenters. The van der Waals surface area contributed by atoms with Crippen LogP contribution in [0.25, 0.3) is 0 Å². The number of nitrogens with zero attached hydrogens (tertiary/aromatic N) is 2. The van der Waals surface area contributed by atoms with Gasteiger partial charge in [-0.1, -0.05) is 13.0 Å². The van der Waals surface area contributed by atoms with E-state index in [9.17, 15) is 0 Å². The average molecular weight is 279 g/mol. The van der Waals surface area contributed by atoms with Crippen molar-refractivity contribution in [3.05, 3.63) is 23.4 Å². The molecule has 1 rings (SSSR count). The molecule has 0 aliphatic heterocycles. The summed E-state index contributed by atoms with van der Waals surface area (Å²) in [4.78, 5) is 6.89. The Balaban J connectivity index is 2.74. The molecular formula is C16H29N3O. The molecule has 1 atom stereocenters. The first-order valence-corrected chi connectivity index (χ1v) is 7.66. The lowest BCUT2D eigenvalue weighted by Crippen LogP contribution is -2.29. The van der Waals surface area contributed by atoms with Gasteiger partial charge in [-0.25, -0.2) is 4.98 Å². The van der Waals surface area contributed by atoms with E-state index in [2.05, 4.69) is 36.7 Å². The van der Waals surface area contributed by atoms with Gasteiger partial charge in [0.15, 0.2) is 0 Å². The predicted molar refractivity (Wildman–Crippen MR) is 85.3 cm³/mol. The number of rotatable bonds is 9. The summed E-state index contributed by atoms with van der Waals surface area (Å²) in [5.74, 6) is 1.06. The molecule has 114 valence electrons. The summed E-state index contributed by atoms with van der Waals surface area (Å²) in [5, 5.41) is 0. The maximum atomic E-state index is 6.01. The highest BCUT2D eigenvalue weighted by Crippen LogP contribution is 2.18. The molecule has 0 saturated heterocycles. The summed E-state index contributed by atoms with van der Waals surface area (Å²) in [7, 11) is 0. The standard InChI is InChI=1S/C16H29N3O/c1-5-15(17)11-14-10-13(4)16(18-12-14)19(6-2)8-9-20-7-3/h10,12,15H,5-9,11,17H2,1-4H3. The maximum Gasteiger partial charge on any atom is 0.131 e. The molecule has 0 amide bonds. The number of aromatic nitrogens is 1. The van der Waals surface area contributed by atoms with Crippen LogP contribution in [-0.2, 0) is 11.2 Å². The quantitative estimate of drug-likeness (QED) is 0.706. The number of hydrogen-bond donors (Lipinski definition) is 1. The second kappa shape index (κ2) is 8.93. The molecule has 1 aromatic rings. The summed E-state index contributed by atoms with van der Waals surface area (Å²) in [6, 6.07) is 2.43. The molecule has 2 N–H and O–H groups in total. The normalized spacial score (nSPS) is 12.4. The Hall–Kier alpha value is -1.13. The van der Waals surface area contributed by atoms with Crippen LogP contribution in [0.5, 0.6) is 0 Å². The largest absolute Gasteiger partial charge is 0.380 e. The van der Waals surface area contributed by atoms with Gasteiger partial charge in [-0.2, -0.15) is 0 Å². The smallest absolute Gasteiger partial charge is 0.131 e. The highest BCUT2D eigenvalue weighted by molar-refractivity contribution is 5.47. The SMILES string of the molecule is CCOCCN(CC)c1ncc(CC(N)CC)cc1C. The average Bonchev–Trinajstić information content (AvgIpc) is 2.44. The summed E-state index contributed by atoms with van der Waals surface area (Å²) in [6.07, 6.45) is 3.85. The third kappa shape index (κ3) is 5.10. The van der Waals surface area contributed by atoms with Gasteiger partial charge in [-0.15, -0.1) is 0 Å². The minimum absolute atomic E-state index is 0.224. The van der Waals surface area contributed by atoms with Gasteiger partial charge in [0.05, 0.1) is 6.61 Å². The summed E-state index contributed by atoms with van der Waals surface area (Å²) in [5.41, 5.74) is 8.44. The van der Waals surface area contributed by atoms with Crippen LogP contribution in [0.2, 0.25) is 0 Å². The number of likely N-dealkylation sites (N-methyl/N-ethyl adjacent to an activating group) is 1. The van der Waals surface area contributed by atoms with E-state index in [1.165, 1.54) is 11.1 Å². The maximum absolute atomic E-state index is 6.01. The van der Waals surface area contributed by atoms with Crippen molar-refractivity contribution < 1.29 is 4.74 Å². The molecular weight excluding hydrogens is 250 g/mol. The van der Waals surface area contributed by atoms with Crippen molar-refractivity contribution >= 4 is 5.82 Å². The molecule has 0 aliphatic rings. The molecule has 0 spiro atoms. The molecule has 0 radical (unpaired) electrons. The number of aryl methyl sites for hydroxylation is 1. The number of nitrogens with two attached hydrogens (primary N) is 1. The van der Waals surface area contributed by atoms with E-state index in [-0.39, 0.29) is 6.04 Å². The van der Waals surface area contributed by atoms with Gasteiger partial charge >= 0.3 is 0 Å². The third-order valence-corrected chi connectivity index (χ3v) is 3.52. The first-order valence-electron chi connectivity index (χ1n) is 7.66. The van der Waals surface area contributed by atoms with Crippen LogP contribution >= 0.6 is 0 Å². The topological polar surface area (TPSA) is 51.4 Å². The van der Waals surface area contributed by atoms with E-state index in [0.717, 1.165) is 45.0 Å². The van der Waals surface area contributed by atoms with E-state index in [0.29, 0.717) is 0 Å². The van der Waals surface area contributed by atoms with E-state index >= 15 is 0 Å².